The van der Waals surface area contributed by atoms with Gasteiger partial charge in [-0.15, -0.1) is 0 Å². The first-order valence-corrected chi connectivity index (χ1v) is 5.95. The van der Waals surface area contributed by atoms with Crippen molar-refractivity contribution in [2.75, 3.05) is 5.75 Å². The van der Waals surface area contributed by atoms with Gasteiger partial charge >= 0.3 is 0 Å². The zero-order valence-corrected chi connectivity index (χ0v) is 8.44. The van der Waals surface area contributed by atoms with Crippen LogP contribution >= 0.6 is 11.8 Å². The van der Waals surface area contributed by atoms with Crippen LogP contribution in [0.15, 0.2) is 12.2 Å². The third-order valence-electron chi connectivity index (χ3n) is 2.82. The summed E-state index contributed by atoms with van der Waals surface area (Å²) in [5.41, 5.74) is 0. The van der Waals surface area contributed by atoms with Gasteiger partial charge in [0.2, 0.25) is 0 Å². The van der Waals surface area contributed by atoms with E-state index in [1.807, 2.05) is 0 Å². The van der Waals surface area contributed by atoms with Crippen molar-refractivity contribution in [3.63, 3.8) is 0 Å². The van der Waals surface area contributed by atoms with E-state index in [0.29, 0.717) is 6.04 Å². The highest BCUT2D eigenvalue weighted by Gasteiger charge is 2.25. The molecule has 1 fully saturated rings. The summed E-state index contributed by atoms with van der Waals surface area (Å²) in [6, 6.07) is 1.44. The summed E-state index contributed by atoms with van der Waals surface area (Å²) in [5.74, 6) is 1.34. The van der Waals surface area contributed by atoms with Crippen molar-refractivity contribution in [3.05, 3.63) is 12.2 Å². The molecule has 1 nitrogen and oxygen atoms in total. The molecule has 0 amide bonds. The van der Waals surface area contributed by atoms with Gasteiger partial charge in [-0.05, 0) is 25.0 Å². The molecule has 2 aliphatic rings. The molecule has 1 N–H and O–H groups in total. The second-order valence-electron chi connectivity index (χ2n) is 3.75. The standard InChI is InChI=1S/C10H17NS/c1-8-10(6-7-12-8)11-9-4-2-3-5-9/h2,4,8-11H,3,5-7H2,1H3. The van der Waals surface area contributed by atoms with Gasteiger partial charge < -0.3 is 5.32 Å². The first-order chi connectivity index (χ1) is 5.86. The highest BCUT2D eigenvalue weighted by atomic mass is 32.2. The molecule has 0 saturated carbocycles. The molecule has 0 bridgehead atoms. The van der Waals surface area contributed by atoms with Crippen LogP contribution in [-0.4, -0.2) is 23.1 Å². The molecule has 1 aliphatic carbocycles. The Morgan fingerprint density at radius 2 is 2.33 bits per heavy atom. The summed E-state index contributed by atoms with van der Waals surface area (Å²) in [6.07, 6.45) is 8.57. The summed E-state index contributed by atoms with van der Waals surface area (Å²) in [4.78, 5) is 0. The third kappa shape index (κ3) is 1.86. The van der Waals surface area contributed by atoms with Crippen molar-refractivity contribution >= 4 is 11.8 Å². The molecule has 2 heteroatoms. The summed E-state index contributed by atoms with van der Waals surface area (Å²) in [5, 5.41) is 4.54. The van der Waals surface area contributed by atoms with Crippen LogP contribution in [0.25, 0.3) is 0 Å². The van der Waals surface area contributed by atoms with Crippen LogP contribution < -0.4 is 5.32 Å². The Morgan fingerprint density at radius 1 is 1.42 bits per heavy atom. The lowest BCUT2D eigenvalue weighted by atomic mass is 10.1. The Labute approximate surface area is 79.0 Å². The molecule has 68 valence electrons. The number of hydrogen-bond acceptors (Lipinski definition) is 2. The lowest BCUT2D eigenvalue weighted by Crippen LogP contribution is -2.39. The zero-order chi connectivity index (χ0) is 8.39. The first kappa shape index (κ1) is 8.64. The van der Waals surface area contributed by atoms with Gasteiger partial charge in [0, 0.05) is 17.3 Å². The molecular weight excluding hydrogens is 166 g/mol. The van der Waals surface area contributed by atoms with Crippen LogP contribution in [0.2, 0.25) is 0 Å². The Bertz CT molecular complexity index is 179. The summed E-state index contributed by atoms with van der Waals surface area (Å²) in [7, 11) is 0. The summed E-state index contributed by atoms with van der Waals surface area (Å²) >= 11 is 2.10. The number of hydrogen-bond donors (Lipinski definition) is 1. The minimum atomic E-state index is 0.677. The quantitative estimate of drug-likeness (QED) is 0.659. The van der Waals surface area contributed by atoms with Crippen LogP contribution in [0, 0.1) is 0 Å². The van der Waals surface area contributed by atoms with Gasteiger partial charge in [0.1, 0.15) is 0 Å². The van der Waals surface area contributed by atoms with E-state index >= 15 is 0 Å². The van der Waals surface area contributed by atoms with Crippen molar-refractivity contribution in [2.24, 2.45) is 0 Å². The van der Waals surface area contributed by atoms with Crippen molar-refractivity contribution in [2.45, 2.75) is 43.5 Å². The second-order valence-corrected chi connectivity index (χ2v) is 5.23. The predicted octanol–water partition coefficient (Wildman–Crippen LogP) is 2.19. The molecule has 1 heterocycles. The molecule has 3 unspecified atom stereocenters. The highest BCUT2D eigenvalue weighted by Crippen LogP contribution is 2.27. The monoisotopic (exact) mass is 183 g/mol. The van der Waals surface area contributed by atoms with Crippen LogP contribution in [0.4, 0.5) is 0 Å². The molecule has 1 saturated heterocycles. The van der Waals surface area contributed by atoms with E-state index in [1.54, 1.807) is 0 Å². The third-order valence-corrected chi connectivity index (χ3v) is 4.14. The summed E-state index contributed by atoms with van der Waals surface area (Å²) in [6.45, 7) is 2.34. The Morgan fingerprint density at radius 3 is 2.92 bits per heavy atom. The number of rotatable bonds is 2. The van der Waals surface area contributed by atoms with E-state index in [1.165, 1.54) is 25.0 Å². The lowest BCUT2D eigenvalue weighted by Gasteiger charge is -2.20. The molecule has 0 radical (unpaired) electrons. The van der Waals surface area contributed by atoms with Gasteiger partial charge in [0.05, 0.1) is 0 Å². The maximum Gasteiger partial charge on any atom is 0.0256 e. The molecule has 0 spiro atoms. The molecule has 3 atom stereocenters. The topological polar surface area (TPSA) is 12.0 Å². The largest absolute Gasteiger partial charge is 0.307 e. The Balaban J connectivity index is 1.81. The second kappa shape index (κ2) is 3.84. The van der Waals surface area contributed by atoms with E-state index in [9.17, 15) is 0 Å². The molecule has 1 aliphatic heterocycles. The average Bonchev–Trinajstić information content (AvgIpc) is 2.65. The molecule has 0 aromatic rings. The van der Waals surface area contributed by atoms with Crippen molar-refractivity contribution in [1.82, 2.24) is 5.32 Å². The fourth-order valence-electron chi connectivity index (χ4n) is 2.00. The van der Waals surface area contributed by atoms with E-state index in [4.69, 9.17) is 0 Å². The Kier molecular flexibility index (Phi) is 2.76. The molecule has 2 rings (SSSR count). The van der Waals surface area contributed by atoms with Gasteiger partial charge in [-0.1, -0.05) is 19.1 Å². The van der Waals surface area contributed by atoms with Crippen molar-refractivity contribution < 1.29 is 0 Å². The van der Waals surface area contributed by atoms with E-state index in [2.05, 4.69) is 36.2 Å². The average molecular weight is 183 g/mol. The maximum atomic E-state index is 3.72. The maximum absolute atomic E-state index is 3.72. The predicted molar refractivity (Wildman–Crippen MR) is 55.6 cm³/mol. The number of allylic oxidation sites excluding steroid dienone is 1. The molecule has 0 aromatic carbocycles. The lowest BCUT2D eigenvalue weighted by molar-refractivity contribution is 0.464. The van der Waals surface area contributed by atoms with Gasteiger partial charge in [0.15, 0.2) is 0 Å². The van der Waals surface area contributed by atoms with Gasteiger partial charge in [-0.25, -0.2) is 0 Å². The molecule has 0 aromatic heterocycles. The van der Waals surface area contributed by atoms with Crippen LogP contribution in [0.3, 0.4) is 0 Å². The van der Waals surface area contributed by atoms with Crippen LogP contribution in [-0.2, 0) is 0 Å². The van der Waals surface area contributed by atoms with E-state index in [0.717, 1.165) is 11.3 Å². The van der Waals surface area contributed by atoms with Crippen LogP contribution in [0.5, 0.6) is 0 Å². The Hall–Kier alpha value is 0.0500. The van der Waals surface area contributed by atoms with Crippen molar-refractivity contribution in [1.29, 1.82) is 0 Å². The highest BCUT2D eigenvalue weighted by molar-refractivity contribution is 8.00. The SMILES string of the molecule is CC1SCCC1NC1C=CCC1. The molecule has 12 heavy (non-hydrogen) atoms. The molecular formula is C10H17NS. The van der Waals surface area contributed by atoms with E-state index < -0.39 is 0 Å². The van der Waals surface area contributed by atoms with E-state index in [-0.39, 0.29) is 0 Å². The van der Waals surface area contributed by atoms with Gasteiger partial charge in [-0.2, -0.15) is 11.8 Å². The van der Waals surface area contributed by atoms with Crippen LogP contribution in [0.1, 0.15) is 26.2 Å². The summed E-state index contributed by atoms with van der Waals surface area (Å²) < 4.78 is 0. The van der Waals surface area contributed by atoms with Crippen molar-refractivity contribution in [3.8, 4) is 0 Å². The smallest absolute Gasteiger partial charge is 0.0256 e. The minimum Gasteiger partial charge on any atom is -0.307 e. The fraction of sp³-hybridized carbons (Fsp3) is 0.800. The number of thioether (sulfide) groups is 1. The van der Waals surface area contributed by atoms with Gasteiger partial charge in [-0.3, -0.25) is 0 Å². The minimum absolute atomic E-state index is 0.677. The normalized spacial score (nSPS) is 40.9. The number of nitrogens with one attached hydrogen (secondary N) is 1. The fourth-order valence-corrected chi connectivity index (χ4v) is 3.21. The van der Waals surface area contributed by atoms with Gasteiger partial charge in [0.25, 0.3) is 0 Å². The zero-order valence-electron chi connectivity index (χ0n) is 7.62. The first-order valence-electron chi connectivity index (χ1n) is 4.90.